The summed E-state index contributed by atoms with van der Waals surface area (Å²) in [6, 6.07) is 11.7. The van der Waals surface area contributed by atoms with Crippen LogP contribution in [0.15, 0.2) is 42.6 Å². The largest absolute Gasteiger partial charge is 0.319 e. The Balaban J connectivity index is 2.17. The van der Waals surface area contributed by atoms with Gasteiger partial charge in [-0.2, -0.15) is 5.26 Å². The van der Waals surface area contributed by atoms with Crippen LogP contribution in [0, 0.1) is 11.3 Å². The van der Waals surface area contributed by atoms with Crippen LogP contribution in [0.2, 0.25) is 5.15 Å². The van der Waals surface area contributed by atoms with Gasteiger partial charge in [0.2, 0.25) is 0 Å². The van der Waals surface area contributed by atoms with Crippen LogP contribution < -0.4 is 5.32 Å². The maximum Gasteiger partial charge on any atom is 0.255 e. The molecule has 2 rings (SSSR count). The Labute approximate surface area is 109 Å². The van der Waals surface area contributed by atoms with E-state index in [9.17, 15) is 4.79 Å². The second-order valence-electron chi connectivity index (χ2n) is 3.49. The van der Waals surface area contributed by atoms with Crippen LogP contribution in [0.4, 0.5) is 5.69 Å². The van der Waals surface area contributed by atoms with Crippen molar-refractivity contribution in [1.29, 1.82) is 5.26 Å². The first-order valence-electron chi connectivity index (χ1n) is 5.13. The Hall–Kier alpha value is -2.38. The molecule has 0 atom stereocenters. The van der Waals surface area contributed by atoms with Crippen molar-refractivity contribution in [1.82, 2.24) is 4.98 Å². The molecule has 88 valence electrons. The molecule has 0 fully saturated rings. The van der Waals surface area contributed by atoms with Gasteiger partial charge in [0.05, 0.1) is 17.3 Å². The van der Waals surface area contributed by atoms with E-state index in [0.717, 1.165) is 0 Å². The second kappa shape index (κ2) is 5.30. The quantitative estimate of drug-likeness (QED) is 0.842. The van der Waals surface area contributed by atoms with E-state index in [2.05, 4.69) is 10.3 Å². The highest BCUT2D eigenvalue weighted by Crippen LogP contribution is 2.18. The third-order valence-electron chi connectivity index (χ3n) is 2.28. The number of halogens is 1. The van der Waals surface area contributed by atoms with Crippen molar-refractivity contribution >= 4 is 23.2 Å². The third-order valence-corrected chi connectivity index (χ3v) is 2.58. The number of benzene rings is 1. The van der Waals surface area contributed by atoms with Crippen molar-refractivity contribution < 1.29 is 4.79 Å². The van der Waals surface area contributed by atoms with Crippen LogP contribution in [0.1, 0.15) is 15.9 Å². The smallest absolute Gasteiger partial charge is 0.255 e. The van der Waals surface area contributed by atoms with Gasteiger partial charge in [0.1, 0.15) is 0 Å². The maximum absolute atomic E-state index is 11.9. The predicted octanol–water partition coefficient (Wildman–Crippen LogP) is 2.86. The lowest BCUT2D eigenvalue weighted by atomic mass is 10.1. The molecule has 2 aromatic rings. The molecule has 1 amide bonds. The predicted molar refractivity (Wildman–Crippen MR) is 68.4 cm³/mol. The number of nitrogens with one attached hydrogen (secondary N) is 1. The molecule has 0 bridgehead atoms. The molecule has 0 aliphatic carbocycles. The molecule has 1 heterocycles. The fourth-order valence-electron chi connectivity index (χ4n) is 1.37. The fourth-order valence-corrected chi connectivity index (χ4v) is 1.54. The molecule has 1 N–H and O–H groups in total. The normalized spacial score (nSPS) is 9.56. The molecule has 1 aromatic heterocycles. The van der Waals surface area contributed by atoms with E-state index >= 15 is 0 Å². The van der Waals surface area contributed by atoms with Gasteiger partial charge in [0, 0.05) is 11.8 Å². The van der Waals surface area contributed by atoms with Crippen molar-refractivity contribution in [3.63, 3.8) is 0 Å². The fraction of sp³-hybridized carbons (Fsp3) is 0. The molecule has 0 spiro atoms. The van der Waals surface area contributed by atoms with Gasteiger partial charge in [-0.3, -0.25) is 4.79 Å². The Bertz CT molecular complexity index is 617. The van der Waals surface area contributed by atoms with E-state index < -0.39 is 0 Å². The monoisotopic (exact) mass is 257 g/mol. The van der Waals surface area contributed by atoms with Gasteiger partial charge >= 0.3 is 0 Å². The molecule has 18 heavy (non-hydrogen) atoms. The van der Waals surface area contributed by atoms with E-state index in [1.165, 1.54) is 0 Å². The highest BCUT2D eigenvalue weighted by Gasteiger charge is 2.08. The molecule has 0 unspecified atom stereocenters. The summed E-state index contributed by atoms with van der Waals surface area (Å²) >= 11 is 5.83. The highest BCUT2D eigenvalue weighted by atomic mass is 35.5. The summed E-state index contributed by atoms with van der Waals surface area (Å²) in [5.41, 5.74) is 1.41. The summed E-state index contributed by atoms with van der Waals surface area (Å²) in [5, 5.41) is 11.5. The summed E-state index contributed by atoms with van der Waals surface area (Å²) < 4.78 is 0. The lowest BCUT2D eigenvalue weighted by Gasteiger charge is -2.06. The molecule has 0 aliphatic heterocycles. The molecule has 0 radical (unpaired) electrons. The third kappa shape index (κ3) is 2.65. The molecule has 0 saturated carbocycles. The zero-order valence-corrected chi connectivity index (χ0v) is 9.98. The second-order valence-corrected chi connectivity index (χ2v) is 3.84. The van der Waals surface area contributed by atoms with Crippen LogP contribution in [0.25, 0.3) is 0 Å². The van der Waals surface area contributed by atoms with Gasteiger partial charge < -0.3 is 5.32 Å². The minimum atomic E-state index is -0.297. The number of nitrogens with zero attached hydrogens (tertiary/aromatic N) is 2. The van der Waals surface area contributed by atoms with Gasteiger partial charge in [-0.05, 0) is 36.4 Å². The average molecular weight is 258 g/mol. The Morgan fingerprint density at radius 2 is 2.00 bits per heavy atom. The minimum Gasteiger partial charge on any atom is -0.319 e. The number of pyridine rings is 1. The van der Waals surface area contributed by atoms with Crippen molar-refractivity contribution in [2.24, 2.45) is 0 Å². The van der Waals surface area contributed by atoms with E-state index in [1.807, 2.05) is 6.07 Å². The number of aromatic nitrogens is 1. The first-order valence-corrected chi connectivity index (χ1v) is 5.50. The highest BCUT2D eigenvalue weighted by molar-refractivity contribution is 6.32. The number of carbonyl (C=O) groups is 1. The summed E-state index contributed by atoms with van der Waals surface area (Å²) in [7, 11) is 0. The number of rotatable bonds is 2. The number of hydrogen-bond donors (Lipinski definition) is 1. The summed E-state index contributed by atoms with van der Waals surface area (Å²) in [5.74, 6) is -0.297. The van der Waals surface area contributed by atoms with E-state index in [0.29, 0.717) is 16.8 Å². The van der Waals surface area contributed by atoms with Crippen molar-refractivity contribution in [3.05, 3.63) is 58.9 Å². The Morgan fingerprint density at radius 3 is 2.61 bits per heavy atom. The van der Waals surface area contributed by atoms with Crippen molar-refractivity contribution in [3.8, 4) is 6.07 Å². The summed E-state index contributed by atoms with van der Waals surface area (Å²) in [6.07, 6.45) is 1.54. The van der Waals surface area contributed by atoms with Crippen LogP contribution in [0.3, 0.4) is 0 Å². The number of hydrogen-bond acceptors (Lipinski definition) is 3. The first-order chi connectivity index (χ1) is 8.70. The number of nitriles is 1. The van der Waals surface area contributed by atoms with E-state index in [4.69, 9.17) is 16.9 Å². The van der Waals surface area contributed by atoms with Crippen LogP contribution in [-0.2, 0) is 0 Å². The topological polar surface area (TPSA) is 65.8 Å². The molecular weight excluding hydrogens is 250 g/mol. The molecule has 0 aliphatic rings. The standard InChI is InChI=1S/C13H8ClN3O/c14-12-11(2-1-7-16-12)17-13(18)10-5-3-9(8-15)4-6-10/h1-7H,(H,17,18). The number of anilines is 1. The van der Waals surface area contributed by atoms with Gasteiger partial charge in [0.15, 0.2) is 5.15 Å². The van der Waals surface area contributed by atoms with Gasteiger partial charge in [-0.15, -0.1) is 0 Å². The van der Waals surface area contributed by atoms with Crippen LogP contribution >= 0.6 is 11.6 Å². The molecular formula is C13H8ClN3O. The number of amides is 1. The van der Waals surface area contributed by atoms with Gasteiger partial charge in [0.25, 0.3) is 5.91 Å². The summed E-state index contributed by atoms with van der Waals surface area (Å²) in [6.45, 7) is 0. The zero-order valence-electron chi connectivity index (χ0n) is 9.22. The van der Waals surface area contributed by atoms with E-state index in [1.54, 1.807) is 42.6 Å². The lowest BCUT2D eigenvalue weighted by molar-refractivity contribution is 0.102. The first kappa shape index (κ1) is 12.1. The van der Waals surface area contributed by atoms with Crippen LogP contribution in [-0.4, -0.2) is 10.9 Å². The zero-order chi connectivity index (χ0) is 13.0. The van der Waals surface area contributed by atoms with E-state index in [-0.39, 0.29) is 11.1 Å². The Morgan fingerprint density at radius 1 is 1.28 bits per heavy atom. The molecule has 4 nitrogen and oxygen atoms in total. The Kier molecular flexibility index (Phi) is 3.56. The van der Waals surface area contributed by atoms with Crippen molar-refractivity contribution in [2.75, 3.05) is 5.32 Å². The maximum atomic E-state index is 11.9. The molecule has 0 saturated heterocycles. The van der Waals surface area contributed by atoms with Gasteiger partial charge in [-0.25, -0.2) is 4.98 Å². The number of carbonyl (C=O) groups excluding carboxylic acids is 1. The average Bonchev–Trinajstić information content (AvgIpc) is 2.41. The van der Waals surface area contributed by atoms with Gasteiger partial charge in [-0.1, -0.05) is 11.6 Å². The lowest BCUT2D eigenvalue weighted by Crippen LogP contribution is -2.12. The minimum absolute atomic E-state index is 0.236. The SMILES string of the molecule is N#Cc1ccc(C(=O)Nc2cccnc2Cl)cc1. The van der Waals surface area contributed by atoms with Crippen molar-refractivity contribution in [2.45, 2.75) is 0 Å². The molecule has 1 aromatic carbocycles. The summed E-state index contributed by atoms with van der Waals surface area (Å²) in [4.78, 5) is 15.7. The molecule has 5 heteroatoms. The van der Waals surface area contributed by atoms with Crippen LogP contribution in [0.5, 0.6) is 0 Å².